The molecular formula is C16H16N4S. The van der Waals surface area contributed by atoms with Crippen molar-refractivity contribution in [2.45, 2.75) is 12.8 Å². The van der Waals surface area contributed by atoms with E-state index in [-0.39, 0.29) is 0 Å². The predicted octanol–water partition coefficient (Wildman–Crippen LogP) is 3.29. The quantitative estimate of drug-likeness (QED) is 0.407. The van der Waals surface area contributed by atoms with Gasteiger partial charge in [0.1, 0.15) is 0 Å². The van der Waals surface area contributed by atoms with E-state index in [0.29, 0.717) is 5.17 Å². The minimum Gasteiger partial charge on any atom is -0.271 e. The second-order valence-electron chi connectivity index (χ2n) is 4.31. The molecule has 1 aromatic carbocycles. The Morgan fingerprint density at radius 1 is 1.24 bits per heavy atom. The standard InChI is InChI=1S/C16H16N4S/c1-21-16(19-12-17)20-15-8-3-2-6-13(15)9-10-14-7-4-5-11-18-14/h2-8,11H,9-10H2,1H3,(H,19,20). The molecule has 1 N–H and O–H groups in total. The Kier molecular flexibility index (Phi) is 5.80. The van der Waals surface area contributed by atoms with Crippen molar-refractivity contribution in [3.8, 4) is 6.19 Å². The molecule has 0 aliphatic rings. The van der Waals surface area contributed by atoms with Crippen LogP contribution in [0.1, 0.15) is 11.3 Å². The van der Waals surface area contributed by atoms with Gasteiger partial charge in [-0.1, -0.05) is 36.0 Å². The highest BCUT2D eigenvalue weighted by atomic mass is 32.2. The minimum atomic E-state index is 0.600. The predicted molar refractivity (Wildman–Crippen MR) is 87.4 cm³/mol. The second-order valence-corrected chi connectivity index (χ2v) is 5.10. The maximum absolute atomic E-state index is 8.70. The Morgan fingerprint density at radius 3 is 2.76 bits per heavy atom. The average molecular weight is 296 g/mol. The molecule has 0 aliphatic heterocycles. The number of nitrogens with zero attached hydrogens (tertiary/aromatic N) is 3. The Balaban J connectivity index is 2.15. The molecule has 0 amide bonds. The summed E-state index contributed by atoms with van der Waals surface area (Å²) in [5.41, 5.74) is 3.10. The van der Waals surface area contributed by atoms with Gasteiger partial charge in [-0.2, -0.15) is 5.26 Å². The first-order valence-corrected chi connectivity index (χ1v) is 7.81. The van der Waals surface area contributed by atoms with Crippen molar-refractivity contribution in [2.24, 2.45) is 4.99 Å². The molecule has 0 fully saturated rings. The zero-order valence-electron chi connectivity index (χ0n) is 11.8. The van der Waals surface area contributed by atoms with Crippen LogP contribution in [-0.4, -0.2) is 16.4 Å². The molecule has 0 aliphatic carbocycles. The Morgan fingerprint density at radius 2 is 2.05 bits per heavy atom. The van der Waals surface area contributed by atoms with Gasteiger partial charge < -0.3 is 0 Å². The number of aliphatic imine (C=N–C) groups is 1. The summed E-state index contributed by atoms with van der Waals surface area (Å²) >= 11 is 1.42. The van der Waals surface area contributed by atoms with Crippen LogP contribution in [0.4, 0.5) is 5.69 Å². The number of hydrogen-bond donors (Lipinski definition) is 1. The molecule has 0 saturated heterocycles. The fourth-order valence-corrected chi connectivity index (χ4v) is 2.26. The highest BCUT2D eigenvalue weighted by molar-refractivity contribution is 8.13. The largest absolute Gasteiger partial charge is 0.271 e. The van der Waals surface area contributed by atoms with Gasteiger partial charge in [-0.15, -0.1) is 0 Å². The van der Waals surface area contributed by atoms with Gasteiger partial charge in [0.05, 0.1) is 5.69 Å². The molecule has 0 saturated carbocycles. The van der Waals surface area contributed by atoms with Crippen molar-refractivity contribution in [1.29, 1.82) is 5.26 Å². The van der Waals surface area contributed by atoms with E-state index in [1.807, 2.05) is 55.0 Å². The topological polar surface area (TPSA) is 61.1 Å². The van der Waals surface area contributed by atoms with Gasteiger partial charge in [0.25, 0.3) is 0 Å². The van der Waals surface area contributed by atoms with Crippen molar-refractivity contribution in [2.75, 3.05) is 6.26 Å². The monoisotopic (exact) mass is 296 g/mol. The zero-order chi connectivity index (χ0) is 14.9. The maximum Gasteiger partial charge on any atom is 0.183 e. The summed E-state index contributed by atoms with van der Waals surface area (Å²) in [4.78, 5) is 8.84. The van der Waals surface area contributed by atoms with E-state index in [9.17, 15) is 0 Å². The fourth-order valence-electron chi connectivity index (χ4n) is 1.92. The summed E-state index contributed by atoms with van der Waals surface area (Å²) in [7, 11) is 0. The van der Waals surface area contributed by atoms with Crippen LogP contribution >= 0.6 is 11.8 Å². The molecule has 0 radical (unpaired) electrons. The third-order valence-corrected chi connectivity index (χ3v) is 3.53. The molecule has 0 spiro atoms. The van der Waals surface area contributed by atoms with Crippen LogP contribution in [0.5, 0.6) is 0 Å². The third-order valence-electron chi connectivity index (χ3n) is 2.95. The smallest absolute Gasteiger partial charge is 0.183 e. The number of rotatable bonds is 4. The molecule has 0 atom stereocenters. The van der Waals surface area contributed by atoms with Crippen LogP contribution < -0.4 is 5.32 Å². The van der Waals surface area contributed by atoms with Crippen LogP contribution in [0.15, 0.2) is 53.7 Å². The van der Waals surface area contributed by atoms with Crippen LogP contribution in [-0.2, 0) is 12.8 Å². The molecular weight excluding hydrogens is 280 g/mol. The van der Waals surface area contributed by atoms with E-state index in [0.717, 1.165) is 29.8 Å². The Bertz CT molecular complexity index is 647. The number of hydrogen-bond acceptors (Lipinski definition) is 4. The van der Waals surface area contributed by atoms with Crippen molar-refractivity contribution < 1.29 is 0 Å². The minimum absolute atomic E-state index is 0.600. The van der Waals surface area contributed by atoms with Crippen molar-refractivity contribution in [3.05, 3.63) is 59.9 Å². The molecule has 1 aromatic heterocycles. The number of thioether (sulfide) groups is 1. The summed E-state index contributed by atoms with van der Waals surface area (Å²) in [6.07, 6.45) is 7.34. The second kappa shape index (κ2) is 8.08. The summed E-state index contributed by atoms with van der Waals surface area (Å²) in [6.45, 7) is 0. The van der Waals surface area contributed by atoms with E-state index < -0.39 is 0 Å². The number of aromatic nitrogens is 1. The molecule has 1 heterocycles. The molecule has 2 rings (SSSR count). The van der Waals surface area contributed by atoms with E-state index >= 15 is 0 Å². The average Bonchev–Trinajstić information content (AvgIpc) is 2.54. The number of para-hydroxylation sites is 1. The SMILES string of the molecule is CSC(=Nc1ccccc1CCc1ccccn1)NC#N. The molecule has 5 heteroatoms. The molecule has 2 aromatic rings. The summed E-state index contributed by atoms with van der Waals surface area (Å²) in [5.74, 6) is 0. The first-order chi connectivity index (χ1) is 10.3. The number of benzene rings is 1. The van der Waals surface area contributed by atoms with Gasteiger partial charge in [-0.3, -0.25) is 10.3 Å². The summed E-state index contributed by atoms with van der Waals surface area (Å²) in [6, 6.07) is 13.9. The van der Waals surface area contributed by atoms with Crippen molar-refractivity contribution in [3.63, 3.8) is 0 Å². The van der Waals surface area contributed by atoms with E-state index in [1.165, 1.54) is 11.8 Å². The lowest BCUT2D eigenvalue weighted by molar-refractivity contribution is 0.913. The van der Waals surface area contributed by atoms with E-state index in [1.54, 1.807) is 0 Å². The van der Waals surface area contributed by atoms with Gasteiger partial charge in [0.15, 0.2) is 11.4 Å². The fraction of sp³-hybridized carbons (Fsp3) is 0.188. The normalized spacial score (nSPS) is 11.0. The third kappa shape index (κ3) is 4.62. The molecule has 106 valence electrons. The van der Waals surface area contributed by atoms with Crippen molar-refractivity contribution >= 4 is 22.6 Å². The summed E-state index contributed by atoms with van der Waals surface area (Å²) in [5, 5.41) is 11.9. The van der Waals surface area contributed by atoms with Crippen LogP contribution in [0.3, 0.4) is 0 Å². The van der Waals surface area contributed by atoms with E-state index in [2.05, 4.69) is 21.4 Å². The zero-order valence-corrected chi connectivity index (χ0v) is 12.6. The highest BCUT2D eigenvalue weighted by Crippen LogP contribution is 2.21. The first kappa shape index (κ1) is 15.1. The lowest BCUT2D eigenvalue weighted by Gasteiger charge is -2.07. The Labute approximate surface area is 128 Å². The van der Waals surface area contributed by atoms with Crippen molar-refractivity contribution in [1.82, 2.24) is 10.3 Å². The van der Waals surface area contributed by atoms with Gasteiger partial charge in [-0.05, 0) is 42.9 Å². The lowest BCUT2D eigenvalue weighted by atomic mass is 10.1. The molecule has 0 unspecified atom stereocenters. The molecule has 4 nitrogen and oxygen atoms in total. The highest BCUT2D eigenvalue weighted by Gasteiger charge is 2.04. The number of nitriles is 1. The number of nitrogens with one attached hydrogen (secondary N) is 1. The first-order valence-electron chi connectivity index (χ1n) is 6.59. The molecule has 21 heavy (non-hydrogen) atoms. The van der Waals surface area contributed by atoms with Gasteiger partial charge in [-0.25, -0.2) is 4.99 Å². The number of amidine groups is 1. The van der Waals surface area contributed by atoms with Crippen LogP contribution in [0.2, 0.25) is 0 Å². The lowest BCUT2D eigenvalue weighted by Crippen LogP contribution is -2.12. The Hall–Kier alpha value is -2.32. The van der Waals surface area contributed by atoms with Gasteiger partial charge in [0, 0.05) is 11.9 Å². The molecule has 0 bridgehead atoms. The number of pyridine rings is 1. The van der Waals surface area contributed by atoms with E-state index in [4.69, 9.17) is 5.26 Å². The van der Waals surface area contributed by atoms with Crippen LogP contribution in [0, 0.1) is 11.5 Å². The van der Waals surface area contributed by atoms with Crippen LogP contribution in [0.25, 0.3) is 0 Å². The van der Waals surface area contributed by atoms with Gasteiger partial charge in [0.2, 0.25) is 0 Å². The summed E-state index contributed by atoms with van der Waals surface area (Å²) < 4.78 is 0. The maximum atomic E-state index is 8.70. The van der Waals surface area contributed by atoms with Gasteiger partial charge >= 0.3 is 0 Å². The number of aryl methyl sites for hydroxylation is 2.